The van der Waals surface area contributed by atoms with Gasteiger partial charge in [-0.25, -0.2) is 0 Å². The van der Waals surface area contributed by atoms with Gasteiger partial charge in [0.25, 0.3) is 0 Å². The van der Waals surface area contributed by atoms with Crippen LogP contribution in [-0.4, -0.2) is 60.3 Å². The predicted molar refractivity (Wildman–Crippen MR) is 70.9 cm³/mol. The Morgan fingerprint density at radius 3 is 2.63 bits per heavy atom. The number of nitrogens with one attached hydrogen (secondary N) is 1. The second kappa shape index (κ2) is 7.45. The highest BCUT2D eigenvalue weighted by Gasteiger charge is 2.37. The van der Waals surface area contributed by atoms with E-state index in [1.807, 2.05) is 13.8 Å². The van der Waals surface area contributed by atoms with E-state index >= 15 is 0 Å². The minimum atomic E-state index is -0.885. The Bertz CT molecular complexity index is 322. The molecule has 0 aliphatic carbocycles. The van der Waals surface area contributed by atoms with Gasteiger partial charge in [-0.1, -0.05) is 6.92 Å². The number of carboxylic acid groups (broad SMARTS) is 1. The molecule has 1 aliphatic heterocycles. The standard InChI is InChI=1S/C13H24N2O4/c1-4-14-11-8-19-7-10(11)13(18)15(5-2)9(3)6-12(16)17/h9-11,14H,4-8H2,1-3H3,(H,16,17). The normalized spacial score (nSPS) is 24.2. The average molecular weight is 272 g/mol. The van der Waals surface area contributed by atoms with Crippen LogP contribution in [0, 0.1) is 5.92 Å². The third-order valence-corrected chi connectivity index (χ3v) is 3.49. The van der Waals surface area contributed by atoms with Crippen LogP contribution in [-0.2, 0) is 14.3 Å². The third-order valence-electron chi connectivity index (χ3n) is 3.49. The fraction of sp³-hybridized carbons (Fsp3) is 0.846. The Balaban J connectivity index is 2.69. The van der Waals surface area contributed by atoms with Crippen molar-refractivity contribution in [1.29, 1.82) is 0 Å². The van der Waals surface area contributed by atoms with Crippen LogP contribution in [0.15, 0.2) is 0 Å². The van der Waals surface area contributed by atoms with Gasteiger partial charge < -0.3 is 20.1 Å². The molecule has 6 heteroatoms. The monoisotopic (exact) mass is 272 g/mol. The summed E-state index contributed by atoms with van der Waals surface area (Å²) in [6, 6.07) is -0.263. The Kier molecular flexibility index (Phi) is 6.24. The van der Waals surface area contributed by atoms with Crippen molar-refractivity contribution in [1.82, 2.24) is 10.2 Å². The first-order chi connectivity index (χ1) is 9.01. The van der Waals surface area contributed by atoms with E-state index in [1.165, 1.54) is 0 Å². The van der Waals surface area contributed by atoms with Gasteiger partial charge in [-0.3, -0.25) is 9.59 Å². The molecule has 3 unspecified atom stereocenters. The highest BCUT2D eigenvalue weighted by atomic mass is 16.5. The first kappa shape index (κ1) is 15.9. The number of amides is 1. The number of hydrogen-bond donors (Lipinski definition) is 2. The van der Waals surface area contributed by atoms with Crippen molar-refractivity contribution in [3.05, 3.63) is 0 Å². The summed E-state index contributed by atoms with van der Waals surface area (Å²) in [5.74, 6) is -1.11. The summed E-state index contributed by atoms with van der Waals surface area (Å²) >= 11 is 0. The van der Waals surface area contributed by atoms with Crippen molar-refractivity contribution in [2.75, 3.05) is 26.3 Å². The minimum absolute atomic E-state index is 0.0142. The highest BCUT2D eigenvalue weighted by Crippen LogP contribution is 2.19. The number of carbonyl (C=O) groups is 2. The zero-order chi connectivity index (χ0) is 14.4. The lowest BCUT2D eigenvalue weighted by molar-refractivity contribution is -0.142. The van der Waals surface area contributed by atoms with E-state index in [2.05, 4.69) is 5.32 Å². The van der Waals surface area contributed by atoms with E-state index < -0.39 is 5.97 Å². The number of rotatable bonds is 7. The average Bonchev–Trinajstić information content (AvgIpc) is 2.77. The second-order valence-corrected chi connectivity index (χ2v) is 4.88. The van der Waals surface area contributed by atoms with Gasteiger partial charge in [-0.05, 0) is 20.4 Å². The van der Waals surface area contributed by atoms with Gasteiger partial charge in [0.15, 0.2) is 0 Å². The molecule has 0 aromatic heterocycles. The first-order valence-electron chi connectivity index (χ1n) is 6.84. The molecular formula is C13H24N2O4. The Hall–Kier alpha value is -1.14. The molecule has 0 aromatic carbocycles. The fourth-order valence-electron chi connectivity index (χ4n) is 2.52. The van der Waals surface area contributed by atoms with Crippen molar-refractivity contribution < 1.29 is 19.4 Å². The number of ether oxygens (including phenoxy) is 1. The molecule has 1 fully saturated rings. The van der Waals surface area contributed by atoms with Crippen molar-refractivity contribution in [3.63, 3.8) is 0 Å². The van der Waals surface area contributed by atoms with E-state index in [-0.39, 0.29) is 30.3 Å². The Morgan fingerprint density at radius 2 is 2.11 bits per heavy atom. The maximum Gasteiger partial charge on any atom is 0.305 e. The predicted octanol–water partition coefficient (Wildman–Crippen LogP) is 0.323. The summed E-state index contributed by atoms with van der Waals surface area (Å²) in [5, 5.41) is 12.1. The van der Waals surface area contributed by atoms with E-state index in [1.54, 1.807) is 11.8 Å². The van der Waals surface area contributed by atoms with Gasteiger partial charge in [0.1, 0.15) is 0 Å². The van der Waals surface area contributed by atoms with Crippen LogP contribution in [0.4, 0.5) is 0 Å². The molecule has 3 atom stereocenters. The molecule has 1 heterocycles. The SMILES string of the molecule is CCNC1COCC1C(=O)N(CC)C(C)CC(=O)O. The summed E-state index contributed by atoms with van der Waals surface area (Å²) in [7, 11) is 0. The smallest absolute Gasteiger partial charge is 0.305 e. The summed E-state index contributed by atoms with van der Waals surface area (Å²) < 4.78 is 5.37. The van der Waals surface area contributed by atoms with Crippen molar-refractivity contribution in [2.45, 2.75) is 39.3 Å². The lowest BCUT2D eigenvalue weighted by Gasteiger charge is -2.31. The van der Waals surface area contributed by atoms with E-state index in [0.29, 0.717) is 19.8 Å². The molecule has 6 nitrogen and oxygen atoms in total. The Morgan fingerprint density at radius 1 is 1.42 bits per heavy atom. The summed E-state index contributed by atoms with van der Waals surface area (Å²) in [4.78, 5) is 24.9. The van der Waals surface area contributed by atoms with Crippen LogP contribution in [0.3, 0.4) is 0 Å². The van der Waals surface area contributed by atoms with Gasteiger partial charge in [-0.2, -0.15) is 0 Å². The molecule has 19 heavy (non-hydrogen) atoms. The molecule has 1 saturated heterocycles. The van der Waals surface area contributed by atoms with Crippen LogP contribution in [0.25, 0.3) is 0 Å². The van der Waals surface area contributed by atoms with Crippen molar-refractivity contribution >= 4 is 11.9 Å². The van der Waals surface area contributed by atoms with E-state index in [4.69, 9.17) is 9.84 Å². The third kappa shape index (κ3) is 4.18. The Labute approximate surface area is 114 Å². The number of hydrogen-bond acceptors (Lipinski definition) is 4. The van der Waals surface area contributed by atoms with E-state index in [9.17, 15) is 9.59 Å². The lowest BCUT2D eigenvalue weighted by Crippen LogP contribution is -2.49. The number of aliphatic carboxylic acids is 1. The minimum Gasteiger partial charge on any atom is -0.481 e. The maximum atomic E-state index is 12.5. The number of carboxylic acids is 1. The highest BCUT2D eigenvalue weighted by molar-refractivity contribution is 5.81. The molecule has 1 aliphatic rings. The van der Waals surface area contributed by atoms with Gasteiger partial charge >= 0.3 is 5.97 Å². The first-order valence-corrected chi connectivity index (χ1v) is 6.84. The van der Waals surface area contributed by atoms with Gasteiger partial charge in [-0.15, -0.1) is 0 Å². The topological polar surface area (TPSA) is 78.9 Å². The molecule has 1 amide bonds. The number of carbonyl (C=O) groups excluding carboxylic acids is 1. The van der Waals surface area contributed by atoms with Crippen molar-refractivity contribution in [3.8, 4) is 0 Å². The molecule has 110 valence electrons. The molecule has 2 N–H and O–H groups in total. The van der Waals surface area contributed by atoms with Crippen LogP contribution in [0.2, 0.25) is 0 Å². The zero-order valence-electron chi connectivity index (χ0n) is 11.9. The van der Waals surface area contributed by atoms with Crippen LogP contribution in [0.1, 0.15) is 27.2 Å². The van der Waals surface area contributed by atoms with Crippen LogP contribution in [0.5, 0.6) is 0 Å². The van der Waals surface area contributed by atoms with E-state index in [0.717, 1.165) is 6.54 Å². The molecule has 1 rings (SSSR count). The van der Waals surface area contributed by atoms with Gasteiger partial charge in [0.2, 0.25) is 5.91 Å². The molecule has 0 spiro atoms. The quantitative estimate of drug-likeness (QED) is 0.698. The molecule has 0 saturated carbocycles. The molecule has 0 bridgehead atoms. The molecular weight excluding hydrogens is 248 g/mol. The molecule has 0 radical (unpaired) electrons. The lowest BCUT2D eigenvalue weighted by atomic mass is 10.0. The van der Waals surface area contributed by atoms with Crippen LogP contribution < -0.4 is 5.32 Å². The number of nitrogens with zero attached hydrogens (tertiary/aromatic N) is 1. The maximum absolute atomic E-state index is 12.5. The largest absolute Gasteiger partial charge is 0.481 e. The van der Waals surface area contributed by atoms with Crippen LogP contribution >= 0.6 is 0 Å². The second-order valence-electron chi connectivity index (χ2n) is 4.88. The summed E-state index contributed by atoms with van der Waals surface area (Å²) in [6.45, 7) is 7.88. The zero-order valence-corrected chi connectivity index (χ0v) is 11.9. The van der Waals surface area contributed by atoms with Gasteiger partial charge in [0, 0.05) is 18.6 Å². The fourth-order valence-corrected chi connectivity index (χ4v) is 2.52. The van der Waals surface area contributed by atoms with Gasteiger partial charge in [0.05, 0.1) is 25.6 Å². The van der Waals surface area contributed by atoms with Crippen molar-refractivity contribution in [2.24, 2.45) is 5.92 Å². The molecule has 0 aromatic rings. The summed E-state index contributed by atoms with van der Waals surface area (Å²) in [5.41, 5.74) is 0. The summed E-state index contributed by atoms with van der Waals surface area (Å²) in [6.07, 6.45) is -0.0287. The number of likely N-dealkylation sites (N-methyl/N-ethyl adjacent to an activating group) is 1.